The van der Waals surface area contributed by atoms with Gasteiger partial charge in [-0.3, -0.25) is 0 Å². The van der Waals surface area contributed by atoms with Crippen molar-refractivity contribution in [2.45, 2.75) is 44.1 Å². The molecule has 0 aromatic heterocycles. The summed E-state index contributed by atoms with van der Waals surface area (Å²) in [5.74, 6) is 2.59. The van der Waals surface area contributed by atoms with Crippen LogP contribution in [0, 0.1) is 23.6 Å². The Bertz CT molecular complexity index is 433. The number of hydrogen-bond acceptors (Lipinski definition) is 1. The maximum Gasteiger partial charge on any atom is 0.146 e. The maximum atomic E-state index is 13.8. The molecule has 4 bridgehead atoms. The Morgan fingerprint density at radius 3 is 2.06 bits per heavy atom. The number of benzene rings is 1. The third kappa shape index (κ3) is 1.65. The van der Waals surface area contributed by atoms with Gasteiger partial charge >= 0.3 is 0 Å². The molecule has 0 spiro atoms. The number of hydrogen-bond donors (Lipinski definition) is 1. The number of para-hydroxylation sites is 1. The van der Waals surface area contributed by atoms with Crippen molar-refractivity contribution in [1.29, 1.82) is 0 Å². The van der Waals surface area contributed by atoms with Gasteiger partial charge in [0.1, 0.15) is 5.82 Å². The van der Waals surface area contributed by atoms with Gasteiger partial charge in [-0.2, -0.15) is 0 Å². The van der Waals surface area contributed by atoms with Crippen molar-refractivity contribution in [2.24, 2.45) is 17.8 Å². The van der Waals surface area contributed by atoms with E-state index < -0.39 is 0 Å². The zero-order chi connectivity index (χ0) is 12.2. The van der Waals surface area contributed by atoms with Gasteiger partial charge in [-0.25, -0.2) is 4.39 Å². The Hall–Kier alpha value is -1.05. The Kier molecular flexibility index (Phi) is 2.24. The molecule has 4 aliphatic carbocycles. The first kappa shape index (κ1) is 10.8. The molecule has 0 heterocycles. The predicted molar refractivity (Wildman–Crippen MR) is 70.9 cm³/mol. The highest BCUT2D eigenvalue weighted by molar-refractivity contribution is 5.47. The lowest BCUT2D eigenvalue weighted by molar-refractivity contribution is 0.0106. The molecular weight excluding hydrogens is 225 g/mol. The first-order valence-electron chi connectivity index (χ1n) is 7.25. The van der Waals surface area contributed by atoms with E-state index >= 15 is 0 Å². The van der Waals surface area contributed by atoms with Gasteiger partial charge in [0.25, 0.3) is 0 Å². The Labute approximate surface area is 108 Å². The zero-order valence-corrected chi connectivity index (χ0v) is 10.7. The number of halogens is 1. The van der Waals surface area contributed by atoms with Crippen LogP contribution in [0.4, 0.5) is 10.1 Å². The second kappa shape index (κ2) is 3.72. The van der Waals surface area contributed by atoms with Crippen LogP contribution in [0.1, 0.15) is 38.5 Å². The fourth-order valence-corrected chi connectivity index (χ4v) is 5.11. The van der Waals surface area contributed by atoms with E-state index in [2.05, 4.69) is 5.32 Å². The van der Waals surface area contributed by atoms with E-state index in [4.69, 9.17) is 0 Å². The molecule has 0 unspecified atom stereocenters. The summed E-state index contributed by atoms with van der Waals surface area (Å²) in [5.41, 5.74) is 0.913. The SMILES string of the molecule is Fc1ccccc1NC12CC3CC(CC(C3)C1)C2. The predicted octanol–water partition coefficient (Wildman–Crippen LogP) is 4.21. The van der Waals surface area contributed by atoms with Crippen molar-refractivity contribution in [3.8, 4) is 0 Å². The van der Waals surface area contributed by atoms with Crippen LogP contribution in [-0.2, 0) is 0 Å². The highest BCUT2D eigenvalue weighted by Gasteiger charge is 2.50. The second-order valence-electron chi connectivity index (χ2n) is 6.80. The maximum absolute atomic E-state index is 13.8. The van der Waals surface area contributed by atoms with Crippen molar-refractivity contribution >= 4 is 5.69 Å². The molecule has 0 amide bonds. The summed E-state index contributed by atoms with van der Waals surface area (Å²) in [6.45, 7) is 0. The minimum absolute atomic E-state index is 0.103. The molecule has 0 saturated heterocycles. The molecule has 1 aromatic carbocycles. The highest BCUT2D eigenvalue weighted by Crippen LogP contribution is 2.56. The molecule has 0 aliphatic heterocycles. The number of anilines is 1. The molecule has 0 radical (unpaired) electrons. The highest BCUT2D eigenvalue weighted by atomic mass is 19.1. The molecule has 96 valence electrons. The van der Waals surface area contributed by atoms with E-state index in [1.807, 2.05) is 12.1 Å². The van der Waals surface area contributed by atoms with Gasteiger partial charge in [-0.15, -0.1) is 0 Å². The standard InChI is InChI=1S/C16H20FN/c17-14-3-1-2-4-15(14)18-16-8-11-5-12(9-16)7-13(6-11)10-16/h1-4,11-13,18H,5-10H2. The molecule has 4 aliphatic rings. The lowest BCUT2D eigenvalue weighted by Crippen LogP contribution is -2.54. The Morgan fingerprint density at radius 2 is 1.50 bits per heavy atom. The van der Waals surface area contributed by atoms with Gasteiger partial charge < -0.3 is 5.32 Å². The topological polar surface area (TPSA) is 12.0 Å². The van der Waals surface area contributed by atoms with E-state index in [0.29, 0.717) is 5.69 Å². The summed E-state index contributed by atoms with van der Waals surface area (Å²) < 4.78 is 13.8. The van der Waals surface area contributed by atoms with Gasteiger partial charge in [0.2, 0.25) is 0 Å². The lowest BCUT2D eigenvalue weighted by Gasteiger charge is -2.57. The fraction of sp³-hybridized carbons (Fsp3) is 0.625. The quantitative estimate of drug-likeness (QED) is 0.823. The van der Waals surface area contributed by atoms with E-state index in [1.165, 1.54) is 38.5 Å². The first-order valence-corrected chi connectivity index (χ1v) is 7.25. The van der Waals surface area contributed by atoms with Crippen LogP contribution < -0.4 is 5.32 Å². The summed E-state index contributed by atoms with van der Waals surface area (Å²) in [6, 6.07) is 7.13. The molecule has 5 rings (SSSR count). The van der Waals surface area contributed by atoms with Crippen LogP contribution in [-0.4, -0.2) is 5.54 Å². The van der Waals surface area contributed by atoms with E-state index in [9.17, 15) is 4.39 Å². The summed E-state index contributed by atoms with van der Waals surface area (Å²) in [6.07, 6.45) is 8.06. The molecule has 18 heavy (non-hydrogen) atoms. The average molecular weight is 245 g/mol. The molecule has 1 N–H and O–H groups in total. The van der Waals surface area contributed by atoms with Crippen LogP contribution in [0.2, 0.25) is 0 Å². The summed E-state index contributed by atoms with van der Waals surface area (Å²) in [4.78, 5) is 0. The fourth-order valence-electron chi connectivity index (χ4n) is 5.11. The minimum atomic E-state index is -0.103. The van der Waals surface area contributed by atoms with E-state index in [-0.39, 0.29) is 11.4 Å². The van der Waals surface area contributed by atoms with Crippen molar-refractivity contribution in [3.63, 3.8) is 0 Å². The van der Waals surface area contributed by atoms with E-state index in [1.54, 1.807) is 12.1 Å². The number of nitrogens with one attached hydrogen (secondary N) is 1. The molecule has 4 fully saturated rings. The Morgan fingerprint density at radius 1 is 0.944 bits per heavy atom. The van der Waals surface area contributed by atoms with Crippen LogP contribution >= 0.6 is 0 Å². The molecule has 2 heteroatoms. The van der Waals surface area contributed by atoms with Crippen molar-refractivity contribution in [1.82, 2.24) is 0 Å². The minimum Gasteiger partial charge on any atom is -0.377 e. The molecule has 1 aromatic rings. The van der Waals surface area contributed by atoms with Crippen LogP contribution in [0.25, 0.3) is 0 Å². The van der Waals surface area contributed by atoms with Gasteiger partial charge in [0.05, 0.1) is 5.69 Å². The molecule has 1 nitrogen and oxygen atoms in total. The Balaban J connectivity index is 1.63. The lowest BCUT2D eigenvalue weighted by atomic mass is 9.53. The van der Waals surface area contributed by atoms with Crippen molar-refractivity contribution in [2.75, 3.05) is 5.32 Å². The van der Waals surface area contributed by atoms with Crippen LogP contribution in [0.5, 0.6) is 0 Å². The zero-order valence-electron chi connectivity index (χ0n) is 10.7. The van der Waals surface area contributed by atoms with Crippen molar-refractivity contribution in [3.05, 3.63) is 30.1 Å². The van der Waals surface area contributed by atoms with Crippen LogP contribution in [0.15, 0.2) is 24.3 Å². The summed E-state index contributed by atoms with van der Waals surface area (Å²) >= 11 is 0. The molecular formula is C16H20FN. The van der Waals surface area contributed by atoms with Gasteiger partial charge in [0, 0.05) is 5.54 Å². The summed E-state index contributed by atoms with van der Waals surface area (Å²) in [7, 11) is 0. The molecule has 4 saturated carbocycles. The van der Waals surface area contributed by atoms with E-state index in [0.717, 1.165) is 17.8 Å². The first-order chi connectivity index (χ1) is 8.72. The largest absolute Gasteiger partial charge is 0.377 e. The van der Waals surface area contributed by atoms with Gasteiger partial charge in [-0.1, -0.05) is 12.1 Å². The molecule has 0 atom stereocenters. The van der Waals surface area contributed by atoms with Gasteiger partial charge in [-0.05, 0) is 68.4 Å². The normalized spacial score (nSPS) is 41.1. The third-order valence-corrected chi connectivity index (χ3v) is 5.31. The third-order valence-electron chi connectivity index (χ3n) is 5.31. The number of rotatable bonds is 2. The average Bonchev–Trinajstić information content (AvgIpc) is 2.30. The smallest absolute Gasteiger partial charge is 0.146 e. The van der Waals surface area contributed by atoms with Gasteiger partial charge in [0.15, 0.2) is 0 Å². The monoisotopic (exact) mass is 245 g/mol. The van der Waals surface area contributed by atoms with Crippen molar-refractivity contribution < 1.29 is 4.39 Å². The van der Waals surface area contributed by atoms with Crippen LogP contribution in [0.3, 0.4) is 0 Å². The summed E-state index contributed by atoms with van der Waals surface area (Å²) in [5, 5.41) is 3.58. The second-order valence-corrected chi connectivity index (χ2v) is 6.80.